The Bertz CT molecular complexity index is 1240. The number of sulfonamides is 1. The lowest BCUT2D eigenvalue weighted by Gasteiger charge is -2.18. The van der Waals surface area contributed by atoms with Gasteiger partial charge in [0.15, 0.2) is 0 Å². The molecule has 7 nitrogen and oxygen atoms in total. The molecule has 0 unspecified atom stereocenters. The van der Waals surface area contributed by atoms with Gasteiger partial charge >= 0.3 is 0 Å². The molecule has 3 aromatic rings. The Morgan fingerprint density at radius 3 is 2.25 bits per heavy atom. The van der Waals surface area contributed by atoms with Crippen molar-refractivity contribution in [2.75, 3.05) is 23.1 Å². The van der Waals surface area contributed by atoms with Gasteiger partial charge in [0, 0.05) is 24.3 Å². The predicted octanol–water partition coefficient (Wildman–Crippen LogP) is 3.98. The van der Waals surface area contributed by atoms with Crippen LogP contribution in [0, 0.1) is 0 Å². The van der Waals surface area contributed by atoms with Gasteiger partial charge < -0.3 is 10.2 Å². The number of rotatable bonds is 6. The molecule has 2 N–H and O–H groups in total. The second-order valence-electron chi connectivity index (χ2n) is 7.50. The number of carbonyl (C=O) groups excluding carboxylic acids is 2. The van der Waals surface area contributed by atoms with Crippen LogP contribution in [0.3, 0.4) is 0 Å². The van der Waals surface area contributed by atoms with Crippen molar-refractivity contribution >= 4 is 33.2 Å². The Balaban J connectivity index is 1.52. The van der Waals surface area contributed by atoms with E-state index >= 15 is 0 Å². The fraction of sp³-hybridized carbons (Fsp3) is 0.167. The quantitative estimate of drug-likeness (QED) is 0.595. The highest BCUT2D eigenvalue weighted by Gasteiger charge is 2.22. The van der Waals surface area contributed by atoms with Crippen molar-refractivity contribution in [2.45, 2.75) is 17.7 Å². The van der Waals surface area contributed by atoms with Crippen molar-refractivity contribution < 1.29 is 18.0 Å². The molecule has 164 valence electrons. The molecule has 1 saturated heterocycles. The maximum atomic E-state index is 12.9. The molecule has 0 atom stereocenters. The van der Waals surface area contributed by atoms with Crippen LogP contribution in [-0.2, 0) is 10.0 Å². The van der Waals surface area contributed by atoms with E-state index in [2.05, 4.69) is 10.0 Å². The van der Waals surface area contributed by atoms with E-state index < -0.39 is 15.9 Å². The minimum absolute atomic E-state index is 0.109. The topological polar surface area (TPSA) is 95.6 Å². The lowest BCUT2D eigenvalue weighted by atomic mass is 10.1. The normalized spacial score (nSPS) is 13.6. The summed E-state index contributed by atoms with van der Waals surface area (Å²) < 4.78 is 27.6. The summed E-state index contributed by atoms with van der Waals surface area (Å²) in [6, 6.07) is 21.1. The third kappa shape index (κ3) is 4.81. The first kappa shape index (κ1) is 21.6. The van der Waals surface area contributed by atoms with Crippen LogP contribution in [0.4, 0.5) is 11.4 Å². The number of hydrogen-bond acceptors (Lipinski definition) is 4. The Morgan fingerprint density at radius 2 is 1.50 bits per heavy atom. The van der Waals surface area contributed by atoms with E-state index in [-0.39, 0.29) is 22.1 Å². The summed E-state index contributed by atoms with van der Waals surface area (Å²) in [5.74, 6) is -0.546. The number of nitrogens with zero attached hydrogens (tertiary/aromatic N) is 1. The highest BCUT2D eigenvalue weighted by Crippen LogP contribution is 2.22. The molecular weight excluding hydrogens is 426 g/mol. The Morgan fingerprint density at radius 1 is 0.812 bits per heavy atom. The lowest BCUT2D eigenvalue weighted by Crippen LogP contribution is -2.28. The molecule has 3 aromatic carbocycles. The highest BCUT2D eigenvalue weighted by atomic mass is 32.2. The van der Waals surface area contributed by atoms with Gasteiger partial charge in [-0.25, -0.2) is 8.42 Å². The van der Waals surface area contributed by atoms with E-state index in [1.165, 1.54) is 18.2 Å². The second-order valence-corrected chi connectivity index (χ2v) is 9.18. The molecule has 1 aliphatic heterocycles. The zero-order valence-electron chi connectivity index (χ0n) is 17.3. The number of hydrogen-bond donors (Lipinski definition) is 2. The average Bonchev–Trinajstić information content (AvgIpc) is 3.34. The van der Waals surface area contributed by atoms with Crippen LogP contribution in [0.5, 0.6) is 0 Å². The molecule has 0 aliphatic carbocycles. The third-order valence-electron chi connectivity index (χ3n) is 5.23. The maximum absolute atomic E-state index is 12.9. The number of benzene rings is 3. The molecular formula is C24H23N3O4S. The van der Waals surface area contributed by atoms with Crippen molar-refractivity contribution in [2.24, 2.45) is 0 Å². The van der Waals surface area contributed by atoms with Crippen molar-refractivity contribution in [1.82, 2.24) is 4.90 Å². The van der Waals surface area contributed by atoms with Gasteiger partial charge in [-0.15, -0.1) is 0 Å². The smallest absolute Gasteiger partial charge is 0.261 e. The fourth-order valence-electron chi connectivity index (χ4n) is 3.60. The van der Waals surface area contributed by atoms with Gasteiger partial charge in [-0.1, -0.05) is 36.4 Å². The molecule has 8 heteroatoms. The summed E-state index contributed by atoms with van der Waals surface area (Å²) in [4.78, 5) is 27.6. The minimum Gasteiger partial charge on any atom is -0.339 e. The number of carbonyl (C=O) groups is 2. The largest absolute Gasteiger partial charge is 0.339 e. The van der Waals surface area contributed by atoms with Crippen LogP contribution in [0.2, 0.25) is 0 Å². The van der Waals surface area contributed by atoms with Gasteiger partial charge in [-0.3, -0.25) is 14.3 Å². The lowest BCUT2D eigenvalue weighted by molar-refractivity contribution is 0.0794. The van der Waals surface area contributed by atoms with Gasteiger partial charge in [0.05, 0.1) is 16.1 Å². The van der Waals surface area contributed by atoms with Gasteiger partial charge in [0.2, 0.25) is 0 Å². The average molecular weight is 450 g/mol. The summed E-state index contributed by atoms with van der Waals surface area (Å²) >= 11 is 0. The number of amides is 2. The van der Waals surface area contributed by atoms with E-state index in [0.717, 1.165) is 12.8 Å². The van der Waals surface area contributed by atoms with Gasteiger partial charge in [-0.2, -0.15) is 0 Å². The molecule has 1 fully saturated rings. The van der Waals surface area contributed by atoms with Crippen LogP contribution in [0.25, 0.3) is 0 Å². The number of anilines is 2. The van der Waals surface area contributed by atoms with Crippen molar-refractivity contribution in [3.63, 3.8) is 0 Å². The van der Waals surface area contributed by atoms with E-state index in [1.54, 1.807) is 65.6 Å². The van der Waals surface area contributed by atoms with Crippen molar-refractivity contribution in [3.05, 3.63) is 90.0 Å². The first-order valence-electron chi connectivity index (χ1n) is 10.3. The molecule has 32 heavy (non-hydrogen) atoms. The molecule has 0 bridgehead atoms. The number of para-hydroxylation sites is 1. The molecule has 0 aromatic heterocycles. The second kappa shape index (κ2) is 9.23. The summed E-state index contributed by atoms with van der Waals surface area (Å²) in [5.41, 5.74) is 1.39. The van der Waals surface area contributed by atoms with Crippen LogP contribution in [0.1, 0.15) is 33.6 Å². The Labute approximate surface area is 187 Å². The van der Waals surface area contributed by atoms with Crippen LogP contribution < -0.4 is 10.0 Å². The zero-order chi connectivity index (χ0) is 22.6. The van der Waals surface area contributed by atoms with E-state index in [1.807, 2.05) is 0 Å². The van der Waals surface area contributed by atoms with Crippen LogP contribution in [-0.4, -0.2) is 38.2 Å². The van der Waals surface area contributed by atoms with Crippen LogP contribution in [0.15, 0.2) is 83.8 Å². The first-order chi connectivity index (χ1) is 15.4. The summed E-state index contributed by atoms with van der Waals surface area (Å²) in [7, 11) is -3.77. The molecule has 1 heterocycles. The number of likely N-dealkylation sites (tertiary alicyclic amines) is 1. The van der Waals surface area contributed by atoms with Crippen molar-refractivity contribution in [3.8, 4) is 0 Å². The van der Waals surface area contributed by atoms with Crippen LogP contribution >= 0.6 is 0 Å². The molecule has 0 radical (unpaired) electrons. The molecule has 0 saturated carbocycles. The zero-order valence-corrected chi connectivity index (χ0v) is 18.1. The van der Waals surface area contributed by atoms with Gasteiger partial charge in [0.1, 0.15) is 0 Å². The fourth-order valence-corrected chi connectivity index (χ4v) is 4.67. The van der Waals surface area contributed by atoms with E-state index in [9.17, 15) is 18.0 Å². The molecule has 4 rings (SSSR count). The number of nitrogens with one attached hydrogen (secondary N) is 2. The molecule has 0 spiro atoms. The predicted molar refractivity (Wildman–Crippen MR) is 123 cm³/mol. The SMILES string of the molecule is O=C(Nc1ccccc1C(=O)N1CCCC1)c1cccc(NS(=O)(=O)c2ccccc2)c1. The monoisotopic (exact) mass is 449 g/mol. The van der Waals surface area contributed by atoms with E-state index in [0.29, 0.717) is 24.3 Å². The first-order valence-corrected chi connectivity index (χ1v) is 11.8. The van der Waals surface area contributed by atoms with Gasteiger partial charge in [0.25, 0.3) is 21.8 Å². The third-order valence-corrected chi connectivity index (χ3v) is 6.63. The Kier molecular flexibility index (Phi) is 6.23. The molecule has 1 aliphatic rings. The minimum atomic E-state index is -3.77. The van der Waals surface area contributed by atoms with E-state index in [4.69, 9.17) is 0 Å². The van der Waals surface area contributed by atoms with Crippen molar-refractivity contribution in [1.29, 1.82) is 0 Å². The summed E-state index contributed by atoms with van der Waals surface area (Å²) in [6.45, 7) is 1.43. The molecule has 2 amide bonds. The standard InChI is InChI=1S/C24H23N3O4S/c28-23(25-22-14-5-4-13-21(22)24(29)27-15-6-7-16-27)18-9-8-10-19(17-18)26-32(30,31)20-11-2-1-3-12-20/h1-5,8-14,17,26H,6-7,15-16H2,(H,25,28). The summed E-state index contributed by atoms with van der Waals surface area (Å²) in [6.07, 6.45) is 1.96. The Hall–Kier alpha value is -3.65. The van der Waals surface area contributed by atoms with Gasteiger partial charge in [-0.05, 0) is 55.3 Å². The summed E-state index contributed by atoms with van der Waals surface area (Å²) in [5, 5.41) is 2.79. The maximum Gasteiger partial charge on any atom is 0.261 e. The highest BCUT2D eigenvalue weighted by molar-refractivity contribution is 7.92.